The van der Waals surface area contributed by atoms with Crippen molar-refractivity contribution in [3.05, 3.63) is 16.1 Å². The molecule has 0 N–H and O–H groups in total. The zero-order chi connectivity index (χ0) is 9.84. The molecule has 0 aliphatic carbocycles. The van der Waals surface area contributed by atoms with E-state index in [4.69, 9.17) is 0 Å². The SMILES string of the molecule is CC(C)c1ncc(C(C)N=C=O)s1. The van der Waals surface area contributed by atoms with Gasteiger partial charge in [-0.05, 0) is 6.92 Å². The fourth-order valence-electron chi connectivity index (χ4n) is 0.903. The van der Waals surface area contributed by atoms with Crippen LogP contribution in [0, 0.1) is 0 Å². The molecular weight excluding hydrogens is 184 g/mol. The lowest BCUT2D eigenvalue weighted by Gasteiger charge is -1.98. The Morgan fingerprint density at radius 2 is 2.23 bits per heavy atom. The summed E-state index contributed by atoms with van der Waals surface area (Å²) in [5.74, 6) is 0.436. The lowest BCUT2D eigenvalue weighted by Crippen LogP contribution is -1.82. The number of isocyanates is 1. The maximum Gasteiger partial charge on any atom is 0.235 e. The van der Waals surface area contributed by atoms with Crippen LogP contribution in [0.4, 0.5) is 0 Å². The van der Waals surface area contributed by atoms with E-state index in [0.717, 1.165) is 9.88 Å². The van der Waals surface area contributed by atoms with Crippen LogP contribution >= 0.6 is 11.3 Å². The first-order chi connectivity index (χ1) is 6.15. The van der Waals surface area contributed by atoms with Crippen molar-refractivity contribution >= 4 is 17.4 Å². The highest BCUT2D eigenvalue weighted by Gasteiger charge is 2.10. The fraction of sp³-hybridized carbons (Fsp3) is 0.556. The van der Waals surface area contributed by atoms with E-state index in [9.17, 15) is 4.79 Å². The topological polar surface area (TPSA) is 42.3 Å². The minimum absolute atomic E-state index is 0.109. The van der Waals surface area contributed by atoms with Crippen LogP contribution in [0.15, 0.2) is 11.2 Å². The Hall–Kier alpha value is -0.990. The third-order valence-corrected chi connectivity index (χ3v) is 3.16. The van der Waals surface area contributed by atoms with Crippen LogP contribution in [-0.4, -0.2) is 11.1 Å². The number of nitrogens with zero attached hydrogens (tertiary/aromatic N) is 2. The molecule has 1 unspecified atom stereocenters. The van der Waals surface area contributed by atoms with E-state index in [0.29, 0.717) is 5.92 Å². The van der Waals surface area contributed by atoms with Crippen LogP contribution < -0.4 is 0 Å². The summed E-state index contributed by atoms with van der Waals surface area (Å²) in [7, 11) is 0. The molecule has 3 nitrogen and oxygen atoms in total. The van der Waals surface area contributed by atoms with Gasteiger partial charge >= 0.3 is 0 Å². The summed E-state index contributed by atoms with van der Waals surface area (Å²) in [5.41, 5.74) is 0. The highest BCUT2D eigenvalue weighted by Crippen LogP contribution is 2.27. The van der Waals surface area contributed by atoms with Crippen molar-refractivity contribution in [3.63, 3.8) is 0 Å². The zero-order valence-corrected chi connectivity index (χ0v) is 8.76. The fourth-order valence-corrected chi connectivity index (χ4v) is 1.81. The summed E-state index contributed by atoms with van der Waals surface area (Å²) in [4.78, 5) is 18.9. The molecule has 0 aromatic carbocycles. The third kappa shape index (κ3) is 2.47. The van der Waals surface area contributed by atoms with Crippen molar-refractivity contribution in [3.8, 4) is 0 Å². The predicted molar refractivity (Wildman–Crippen MR) is 52.7 cm³/mol. The highest BCUT2D eigenvalue weighted by atomic mass is 32.1. The van der Waals surface area contributed by atoms with Crippen LogP contribution in [0.1, 0.15) is 42.6 Å². The Morgan fingerprint density at radius 3 is 2.69 bits per heavy atom. The molecule has 13 heavy (non-hydrogen) atoms. The van der Waals surface area contributed by atoms with Gasteiger partial charge in [0.15, 0.2) is 0 Å². The predicted octanol–water partition coefficient (Wildman–Crippen LogP) is 2.66. The average Bonchev–Trinajstić information content (AvgIpc) is 2.52. The van der Waals surface area contributed by atoms with E-state index < -0.39 is 0 Å². The van der Waals surface area contributed by atoms with Crippen molar-refractivity contribution in [1.29, 1.82) is 0 Å². The molecule has 1 atom stereocenters. The second-order valence-corrected chi connectivity index (χ2v) is 4.25. The molecular formula is C9H12N2OS. The number of thiazole rings is 1. The number of aliphatic imine (C=N–C) groups is 1. The number of aromatic nitrogens is 1. The van der Waals surface area contributed by atoms with Gasteiger partial charge in [-0.25, -0.2) is 9.78 Å². The van der Waals surface area contributed by atoms with Gasteiger partial charge in [-0.15, -0.1) is 11.3 Å². The summed E-state index contributed by atoms with van der Waals surface area (Å²) in [6, 6.07) is -0.109. The Bertz CT molecular complexity index is 326. The van der Waals surface area contributed by atoms with E-state index in [1.165, 1.54) is 0 Å². The molecule has 1 rings (SSSR count). The second kappa shape index (κ2) is 4.30. The molecule has 0 amide bonds. The molecule has 4 heteroatoms. The summed E-state index contributed by atoms with van der Waals surface area (Å²) >= 11 is 1.61. The van der Waals surface area contributed by atoms with E-state index in [2.05, 4.69) is 23.8 Å². The van der Waals surface area contributed by atoms with Crippen molar-refractivity contribution in [1.82, 2.24) is 4.98 Å². The maximum absolute atomic E-state index is 10.0. The van der Waals surface area contributed by atoms with Crippen LogP contribution in [0.3, 0.4) is 0 Å². The molecule has 0 aliphatic heterocycles. The van der Waals surface area contributed by atoms with Gasteiger partial charge in [0.2, 0.25) is 6.08 Å². The maximum atomic E-state index is 10.0. The van der Waals surface area contributed by atoms with Crippen molar-refractivity contribution in [2.75, 3.05) is 0 Å². The molecule has 0 radical (unpaired) electrons. The number of hydrogen-bond donors (Lipinski definition) is 0. The quantitative estimate of drug-likeness (QED) is 0.551. The first-order valence-electron chi connectivity index (χ1n) is 4.17. The molecule has 70 valence electrons. The van der Waals surface area contributed by atoms with Gasteiger partial charge in [-0.3, -0.25) is 0 Å². The third-order valence-electron chi connectivity index (χ3n) is 1.69. The molecule has 0 spiro atoms. The summed E-state index contributed by atoms with van der Waals surface area (Å²) in [6.45, 7) is 6.05. The number of rotatable bonds is 3. The number of carbonyl (C=O) groups excluding carboxylic acids is 1. The molecule has 0 saturated carbocycles. The van der Waals surface area contributed by atoms with Gasteiger partial charge in [0.25, 0.3) is 0 Å². The largest absolute Gasteiger partial charge is 0.249 e. The monoisotopic (exact) mass is 196 g/mol. The van der Waals surface area contributed by atoms with E-state index in [1.54, 1.807) is 23.6 Å². The molecule has 0 saturated heterocycles. The first-order valence-corrected chi connectivity index (χ1v) is 4.99. The summed E-state index contributed by atoms with van der Waals surface area (Å²) in [5, 5.41) is 1.09. The van der Waals surface area contributed by atoms with Crippen molar-refractivity contribution in [2.24, 2.45) is 4.99 Å². The second-order valence-electron chi connectivity index (χ2n) is 3.15. The average molecular weight is 196 g/mol. The summed E-state index contributed by atoms with van der Waals surface area (Å²) < 4.78 is 0. The highest BCUT2D eigenvalue weighted by molar-refractivity contribution is 7.11. The lowest BCUT2D eigenvalue weighted by atomic mass is 10.2. The van der Waals surface area contributed by atoms with Gasteiger partial charge in [0, 0.05) is 17.0 Å². The normalized spacial score (nSPS) is 12.6. The van der Waals surface area contributed by atoms with Gasteiger partial charge < -0.3 is 0 Å². The smallest absolute Gasteiger partial charge is 0.235 e. The van der Waals surface area contributed by atoms with Gasteiger partial charge in [0.1, 0.15) is 0 Å². The Balaban J connectivity index is 2.85. The van der Waals surface area contributed by atoms with Crippen LogP contribution in [0.25, 0.3) is 0 Å². The molecule has 1 aromatic heterocycles. The first kappa shape index (κ1) is 10.1. The lowest BCUT2D eigenvalue weighted by molar-refractivity contribution is 0.560. The van der Waals surface area contributed by atoms with E-state index in [1.807, 2.05) is 6.92 Å². The minimum atomic E-state index is -0.109. The van der Waals surface area contributed by atoms with Crippen LogP contribution in [0.5, 0.6) is 0 Å². The Morgan fingerprint density at radius 1 is 1.54 bits per heavy atom. The molecule has 0 aliphatic rings. The molecule has 1 aromatic rings. The summed E-state index contributed by atoms with van der Waals surface area (Å²) in [6.07, 6.45) is 3.34. The molecule has 1 heterocycles. The number of hydrogen-bond acceptors (Lipinski definition) is 4. The van der Waals surface area contributed by atoms with Crippen molar-refractivity contribution < 1.29 is 4.79 Å². The molecule has 0 bridgehead atoms. The van der Waals surface area contributed by atoms with E-state index in [-0.39, 0.29) is 6.04 Å². The van der Waals surface area contributed by atoms with Gasteiger partial charge in [-0.2, -0.15) is 4.99 Å². The Labute approximate surface area is 81.5 Å². The van der Waals surface area contributed by atoms with Gasteiger partial charge in [0.05, 0.1) is 11.0 Å². The van der Waals surface area contributed by atoms with Crippen molar-refractivity contribution in [2.45, 2.75) is 32.7 Å². The van der Waals surface area contributed by atoms with Crippen LogP contribution in [0.2, 0.25) is 0 Å². The standard InChI is InChI=1S/C9H12N2OS/c1-6(2)9-10-4-8(13-9)7(3)11-5-12/h4,6-7H,1-3H3. The van der Waals surface area contributed by atoms with E-state index >= 15 is 0 Å². The Kier molecular flexibility index (Phi) is 3.34. The van der Waals surface area contributed by atoms with Crippen LogP contribution in [-0.2, 0) is 4.79 Å². The molecule has 0 fully saturated rings. The zero-order valence-electron chi connectivity index (χ0n) is 7.94. The van der Waals surface area contributed by atoms with Gasteiger partial charge in [-0.1, -0.05) is 13.8 Å². The minimum Gasteiger partial charge on any atom is -0.249 e.